The van der Waals surface area contributed by atoms with Gasteiger partial charge in [0.05, 0.1) is 19.5 Å². The first-order chi connectivity index (χ1) is 12.8. The number of aliphatic hydroxyl groups is 2. The van der Waals surface area contributed by atoms with Crippen LogP contribution in [0.25, 0.3) is 11.2 Å². The summed E-state index contributed by atoms with van der Waals surface area (Å²) in [4.78, 5) is 15.3. The summed E-state index contributed by atoms with van der Waals surface area (Å²) in [7, 11) is 0. The maximum Gasteiger partial charge on any atom is 0.164 e. The van der Waals surface area contributed by atoms with Crippen LogP contribution in [0.5, 0.6) is 0 Å². The fourth-order valence-corrected chi connectivity index (χ4v) is 3.62. The van der Waals surface area contributed by atoms with Crippen LogP contribution in [0.15, 0.2) is 48.0 Å². The molecule has 7 nitrogen and oxygen atoms in total. The van der Waals surface area contributed by atoms with E-state index in [0.717, 1.165) is 21.9 Å². The highest BCUT2D eigenvalue weighted by atomic mass is 32.2. The van der Waals surface area contributed by atoms with Gasteiger partial charge >= 0.3 is 0 Å². The zero-order valence-electron chi connectivity index (χ0n) is 14.5. The molecule has 138 valence electrons. The lowest BCUT2D eigenvalue weighted by Crippen LogP contribution is -2.32. The van der Waals surface area contributed by atoms with Crippen LogP contribution in [0, 0.1) is 0 Å². The van der Waals surface area contributed by atoms with Crippen LogP contribution in [0.1, 0.15) is 5.56 Å². The summed E-state index contributed by atoms with van der Waals surface area (Å²) in [5.74, 6) is 0.834. The summed E-state index contributed by atoms with van der Waals surface area (Å²) < 4.78 is 1.99. The van der Waals surface area contributed by atoms with Crippen molar-refractivity contribution in [2.24, 2.45) is 0 Å². The third kappa shape index (κ3) is 4.79. The van der Waals surface area contributed by atoms with E-state index in [1.807, 2.05) is 27.7 Å². The quantitative estimate of drug-likeness (QED) is 0.410. The fourth-order valence-electron chi connectivity index (χ4n) is 2.72. The van der Waals surface area contributed by atoms with Gasteiger partial charge in [0.1, 0.15) is 16.9 Å². The molecule has 0 radical (unpaired) electrons. The summed E-state index contributed by atoms with van der Waals surface area (Å²) >= 11 is 1.65. The molecular weight excluding hydrogens is 350 g/mol. The Kier molecular flexibility index (Phi) is 6.96. The number of aliphatic hydroxyl groups excluding tert-OH is 2. The Bertz CT molecular complexity index is 806. The number of hydrogen-bond acceptors (Lipinski definition) is 7. The van der Waals surface area contributed by atoms with Gasteiger partial charge in [-0.05, 0) is 5.56 Å². The molecule has 0 bridgehead atoms. The Hall–Kier alpha value is -2.00. The average Bonchev–Trinajstić information content (AvgIpc) is 3.09. The average molecular weight is 373 g/mol. The van der Waals surface area contributed by atoms with E-state index in [0.29, 0.717) is 26.2 Å². The molecule has 2 aromatic heterocycles. The molecule has 0 aliphatic rings. The lowest BCUT2D eigenvalue weighted by molar-refractivity contribution is 0.157. The van der Waals surface area contributed by atoms with E-state index in [1.165, 1.54) is 5.56 Å². The summed E-state index contributed by atoms with van der Waals surface area (Å²) in [6.07, 6.45) is 3.36. The number of nitrogens with zero attached hydrogens (tertiary/aromatic N) is 5. The molecule has 3 rings (SSSR count). The van der Waals surface area contributed by atoms with Crippen molar-refractivity contribution in [2.75, 3.05) is 32.8 Å². The molecule has 0 unspecified atom stereocenters. The second kappa shape index (κ2) is 9.63. The number of aromatic nitrogens is 4. The Morgan fingerprint density at radius 1 is 0.962 bits per heavy atom. The Balaban J connectivity index is 1.69. The Morgan fingerprint density at radius 3 is 2.46 bits per heavy atom. The van der Waals surface area contributed by atoms with E-state index in [9.17, 15) is 0 Å². The van der Waals surface area contributed by atoms with Crippen LogP contribution in [0.3, 0.4) is 0 Å². The molecule has 0 saturated carbocycles. The first-order valence-electron chi connectivity index (χ1n) is 8.58. The van der Waals surface area contributed by atoms with Crippen molar-refractivity contribution in [3.63, 3.8) is 0 Å². The lowest BCUT2D eigenvalue weighted by atomic mass is 10.2. The SMILES string of the molecule is OCCN(CCO)CCn1cnc2c(SCc3ccccc3)ncnc21. The van der Waals surface area contributed by atoms with Gasteiger partial charge in [0, 0.05) is 31.9 Å². The van der Waals surface area contributed by atoms with E-state index >= 15 is 0 Å². The summed E-state index contributed by atoms with van der Waals surface area (Å²) in [5.41, 5.74) is 2.86. The van der Waals surface area contributed by atoms with Crippen molar-refractivity contribution in [3.8, 4) is 0 Å². The third-order valence-corrected chi connectivity index (χ3v) is 5.13. The smallest absolute Gasteiger partial charge is 0.164 e. The molecule has 2 heterocycles. The van der Waals surface area contributed by atoms with Crippen molar-refractivity contribution >= 4 is 22.9 Å². The second-order valence-electron chi connectivity index (χ2n) is 5.85. The van der Waals surface area contributed by atoms with Crippen LogP contribution in [0.2, 0.25) is 0 Å². The van der Waals surface area contributed by atoms with Gasteiger partial charge in [-0.2, -0.15) is 0 Å². The molecule has 26 heavy (non-hydrogen) atoms. The van der Waals surface area contributed by atoms with Crippen molar-refractivity contribution in [3.05, 3.63) is 48.5 Å². The standard InChI is InChI=1S/C18H23N5O2S/c24-10-8-22(9-11-25)6-7-23-14-21-16-17(23)19-13-20-18(16)26-12-15-4-2-1-3-5-15/h1-5,13-14,24-25H,6-12H2. The monoisotopic (exact) mass is 373 g/mol. The molecule has 0 fully saturated rings. The number of rotatable bonds is 10. The maximum absolute atomic E-state index is 9.12. The highest BCUT2D eigenvalue weighted by molar-refractivity contribution is 7.98. The van der Waals surface area contributed by atoms with Crippen LogP contribution < -0.4 is 0 Å². The van der Waals surface area contributed by atoms with Crippen molar-refractivity contribution in [2.45, 2.75) is 17.3 Å². The number of hydrogen-bond donors (Lipinski definition) is 2. The second-order valence-corrected chi connectivity index (χ2v) is 6.82. The summed E-state index contributed by atoms with van der Waals surface area (Å²) in [6, 6.07) is 10.3. The van der Waals surface area contributed by atoms with Crippen molar-refractivity contribution < 1.29 is 10.2 Å². The predicted molar refractivity (Wildman–Crippen MR) is 102 cm³/mol. The molecular formula is C18H23N5O2S. The normalized spacial score (nSPS) is 11.5. The van der Waals surface area contributed by atoms with Crippen LogP contribution >= 0.6 is 11.8 Å². The van der Waals surface area contributed by atoms with Gasteiger partial charge in [0.2, 0.25) is 0 Å². The van der Waals surface area contributed by atoms with Crippen LogP contribution in [-0.4, -0.2) is 67.5 Å². The Morgan fingerprint density at radius 2 is 1.73 bits per heavy atom. The number of fused-ring (bicyclic) bond motifs is 1. The number of imidazole rings is 1. The van der Waals surface area contributed by atoms with E-state index in [-0.39, 0.29) is 13.2 Å². The van der Waals surface area contributed by atoms with Crippen molar-refractivity contribution in [1.82, 2.24) is 24.4 Å². The largest absolute Gasteiger partial charge is 0.395 e. The topological polar surface area (TPSA) is 87.3 Å². The minimum atomic E-state index is 0.0765. The van der Waals surface area contributed by atoms with Gasteiger partial charge in [-0.3, -0.25) is 4.90 Å². The van der Waals surface area contributed by atoms with Gasteiger partial charge < -0.3 is 14.8 Å². The molecule has 0 aliphatic carbocycles. The molecule has 3 aromatic rings. The number of thioether (sulfide) groups is 1. The molecule has 0 spiro atoms. The van der Waals surface area contributed by atoms with Crippen LogP contribution in [0.4, 0.5) is 0 Å². The molecule has 1 aromatic carbocycles. The molecule has 0 atom stereocenters. The fraction of sp³-hybridized carbons (Fsp3) is 0.389. The van der Waals surface area contributed by atoms with E-state index in [2.05, 4.69) is 27.1 Å². The zero-order valence-corrected chi connectivity index (χ0v) is 15.3. The highest BCUT2D eigenvalue weighted by Gasteiger charge is 2.12. The van der Waals surface area contributed by atoms with E-state index in [4.69, 9.17) is 10.2 Å². The first kappa shape index (κ1) is 18.8. The zero-order chi connectivity index (χ0) is 18.2. The molecule has 0 amide bonds. The highest BCUT2D eigenvalue weighted by Crippen LogP contribution is 2.26. The molecule has 8 heteroatoms. The third-order valence-electron chi connectivity index (χ3n) is 4.08. The lowest BCUT2D eigenvalue weighted by Gasteiger charge is -2.20. The minimum absolute atomic E-state index is 0.0765. The summed E-state index contributed by atoms with van der Waals surface area (Å²) in [5, 5.41) is 19.1. The summed E-state index contributed by atoms with van der Waals surface area (Å²) in [6.45, 7) is 2.64. The van der Waals surface area contributed by atoms with Gasteiger partial charge in [-0.15, -0.1) is 0 Å². The van der Waals surface area contributed by atoms with Gasteiger partial charge in [0.25, 0.3) is 0 Å². The molecule has 0 saturated heterocycles. The number of benzene rings is 1. The molecule has 0 aliphatic heterocycles. The van der Waals surface area contributed by atoms with Crippen LogP contribution in [-0.2, 0) is 12.3 Å². The van der Waals surface area contributed by atoms with Gasteiger partial charge in [-0.25, -0.2) is 15.0 Å². The molecule has 2 N–H and O–H groups in total. The van der Waals surface area contributed by atoms with E-state index < -0.39 is 0 Å². The first-order valence-corrected chi connectivity index (χ1v) is 9.57. The van der Waals surface area contributed by atoms with Gasteiger partial charge in [0.15, 0.2) is 5.65 Å². The predicted octanol–water partition coefficient (Wildman–Crippen LogP) is 1.41. The Labute approximate surface area is 156 Å². The minimum Gasteiger partial charge on any atom is -0.395 e. The van der Waals surface area contributed by atoms with Crippen molar-refractivity contribution in [1.29, 1.82) is 0 Å². The maximum atomic E-state index is 9.12. The van der Waals surface area contributed by atoms with Gasteiger partial charge in [-0.1, -0.05) is 42.1 Å². The van der Waals surface area contributed by atoms with E-state index in [1.54, 1.807) is 24.4 Å².